The number of aromatic nitrogens is 1. The number of benzene rings is 1. The predicted octanol–water partition coefficient (Wildman–Crippen LogP) is 1.72. The van der Waals surface area contributed by atoms with E-state index in [1.807, 2.05) is 24.3 Å². The van der Waals surface area contributed by atoms with Gasteiger partial charge in [-0.25, -0.2) is 13.1 Å². The maximum Gasteiger partial charge on any atom is 0.216 e. The number of nitrogens with one attached hydrogen (secondary N) is 1. The van der Waals surface area contributed by atoms with Gasteiger partial charge in [0.1, 0.15) is 0 Å². The van der Waals surface area contributed by atoms with E-state index in [2.05, 4.69) is 9.71 Å². The molecule has 21 heavy (non-hydrogen) atoms. The van der Waals surface area contributed by atoms with Gasteiger partial charge in [0.05, 0.1) is 17.5 Å². The third-order valence-electron chi connectivity index (χ3n) is 3.17. The summed E-state index contributed by atoms with van der Waals surface area (Å²) in [5, 5.41) is 0. The molecular formula is C15H19N3O2S. The molecular weight excluding hydrogens is 286 g/mol. The Labute approximate surface area is 125 Å². The molecule has 0 spiro atoms. The van der Waals surface area contributed by atoms with Gasteiger partial charge in [-0.05, 0) is 30.2 Å². The van der Waals surface area contributed by atoms with Crippen LogP contribution in [0.15, 0.2) is 48.7 Å². The van der Waals surface area contributed by atoms with E-state index >= 15 is 0 Å². The largest absolute Gasteiger partial charge is 0.326 e. The van der Waals surface area contributed by atoms with E-state index < -0.39 is 10.0 Å². The number of sulfonamides is 1. The summed E-state index contributed by atoms with van der Waals surface area (Å²) < 4.78 is 27.2. The van der Waals surface area contributed by atoms with E-state index in [1.165, 1.54) is 0 Å². The van der Waals surface area contributed by atoms with Crippen molar-refractivity contribution in [1.29, 1.82) is 0 Å². The van der Waals surface area contributed by atoms with Crippen molar-refractivity contribution in [2.24, 2.45) is 5.73 Å². The first-order valence-electron chi connectivity index (χ1n) is 6.69. The second-order valence-corrected chi connectivity index (χ2v) is 6.58. The molecule has 1 heterocycles. The molecule has 1 unspecified atom stereocenters. The van der Waals surface area contributed by atoms with Gasteiger partial charge >= 0.3 is 0 Å². The molecule has 0 fully saturated rings. The Morgan fingerprint density at radius 2 is 1.81 bits per heavy atom. The van der Waals surface area contributed by atoms with Crippen molar-refractivity contribution in [3.8, 4) is 0 Å². The van der Waals surface area contributed by atoms with E-state index in [-0.39, 0.29) is 11.8 Å². The number of rotatable bonds is 6. The molecule has 3 N–H and O–H groups in total. The Bertz CT molecular complexity index is 687. The van der Waals surface area contributed by atoms with Gasteiger partial charge in [-0.15, -0.1) is 0 Å². The average Bonchev–Trinajstić information content (AvgIpc) is 2.47. The topological polar surface area (TPSA) is 85.1 Å². The first-order valence-corrected chi connectivity index (χ1v) is 8.35. The second kappa shape index (κ2) is 6.80. The average molecular weight is 305 g/mol. The second-order valence-electron chi connectivity index (χ2n) is 4.83. The molecule has 0 aliphatic carbocycles. The fourth-order valence-corrected chi connectivity index (χ4v) is 3.54. The number of hydrogen-bond acceptors (Lipinski definition) is 4. The van der Waals surface area contributed by atoms with Gasteiger partial charge in [0, 0.05) is 12.7 Å². The molecule has 0 aliphatic heterocycles. The molecule has 0 aliphatic rings. The van der Waals surface area contributed by atoms with Crippen LogP contribution in [0.25, 0.3) is 0 Å². The Morgan fingerprint density at radius 3 is 2.43 bits per heavy atom. The van der Waals surface area contributed by atoms with Crippen molar-refractivity contribution in [2.75, 3.05) is 0 Å². The fraction of sp³-hybridized carbons (Fsp3) is 0.267. The first-order chi connectivity index (χ1) is 10.0. The number of nitrogens with zero attached hydrogens (tertiary/aromatic N) is 1. The van der Waals surface area contributed by atoms with Crippen LogP contribution in [0.4, 0.5) is 0 Å². The van der Waals surface area contributed by atoms with Crippen LogP contribution < -0.4 is 10.5 Å². The van der Waals surface area contributed by atoms with Gasteiger partial charge in [0.25, 0.3) is 0 Å². The first kappa shape index (κ1) is 15.6. The lowest BCUT2D eigenvalue weighted by Gasteiger charge is -2.15. The summed E-state index contributed by atoms with van der Waals surface area (Å²) in [5.41, 5.74) is 7.89. The molecule has 0 radical (unpaired) electrons. The molecule has 0 amide bonds. The minimum atomic E-state index is -3.46. The highest BCUT2D eigenvalue weighted by atomic mass is 32.2. The Hall–Kier alpha value is -1.76. The normalized spacial score (nSPS) is 13.0. The summed E-state index contributed by atoms with van der Waals surface area (Å²) in [4.78, 5) is 4.16. The zero-order valence-corrected chi connectivity index (χ0v) is 12.7. The van der Waals surface area contributed by atoms with Gasteiger partial charge in [0.2, 0.25) is 10.0 Å². The number of nitrogens with two attached hydrogens (primary N) is 1. The summed E-state index contributed by atoms with van der Waals surface area (Å²) in [6, 6.07) is 12.3. The molecule has 2 rings (SSSR count). The van der Waals surface area contributed by atoms with Crippen LogP contribution in [0.1, 0.15) is 29.8 Å². The highest BCUT2D eigenvalue weighted by molar-refractivity contribution is 7.88. The smallest absolute Gasteiger partial charge is 0.216 e. The van der Waals surface area contributed by atoms with Crippen molar-refractivity contribution in [3.63, 3.8) is 0 Å². The van der Waals surface area contributed by atoms with Gasteiger partial charge < -0.3 is 5.73 Å². The lowest BCUT2D eigenvalue weighted by atomic mass is 10.1. The monoisotopic (exact) mass is 305 g/mol. The molecule has 6 heteroatoms. The van der Waals surface area contributed by atoms with Gasteiger partial charge in [0.15, 0.2) is 0 Å². The van der Waals surface area contributed by atoms with Crippen molar-refractivity contribution < 1.29 is 8.42 Å². The van der Waals surface area contributed by atoms with E-state index in [1.54, 1.807) is 31.3 Å². The summed E-state index contributed by atoms with van der Waals surface area (Å²) in [5.74, 6) is -0.0858. The van der Waals surface area contributed by atoms with E-state index in [4.69, 9.17) is 5.73 Å². The van der Waals surface area contributed by atoms with Crippen LogP contribution in [0.2, 0.25) is 0 Å². The predicted molar refractivity (Wildman–Crippen MR) is 82.7 cm³/mol. The quantitative estimate of drug-likeness (QED) is 0.851. The minimum absolute atomic E-state index is 0.0858. The molecule has 5 nitrogen and oxygen atoms in total. The minimum Gasteiger partial charge on any atom is -0.326 e. The maximum absolute atomic E-state index is 12.3. The summed E-state index contributed by atoms with van der Waals surface area (Å²) in [6.45, 7) is 2.09. The van der Waals surface area contributed by atoms with Crippen molar-refractivity contribution in [3.05, 3.63) is 65.5 Å². The van der Waals surface area contributed by atoms with Crippen LogP contribution in [0.3, 0.4) is 0 Å². The van der Waals surface area contributed by atoms with Crippen LogP contribution in [0, 0.1) is 0 Å². The Morgan fingerprint density at radius 1 is 1.14 bits per heavy atom. The molecule has 0 saturated heterocycles. The molecule has 0 bridgehead atoms. The zero-order valence-electron chi connectivity index (χ0n) is 11.9. The number of hydrogen-bond donors (Lipinski definition) is 2. The Balaban J connectivity index is 2.12. The van der Waals surface area contributed by atoms with E-state index in [0.717, 1.165) is 11.1 Å². The number of pyridine rings is 1. The Kier molecular flexibility index (Phi) is 5.06. The van der Waals surface area contributed by atoms with Gasteiger partial charge in [-0.2, -0.15) is 0 Å². The molecule has 1 atom stereocenters. The third-order valence-corrected chi connectivity index (χ3v) is 4.58. The van der Waals surface area contributed by atoms with Crippen LogP contribution in [-0.2, 0) is 22.3 Å². The zero-order chi connectivity index (χ0) is 15.3. The third kappa shape index (κ3) is 4.35. The lowest BCUT2D eigenvalue weighted by Crippen LogP contribution is -2.29. The highest BCUT2D eigenvalue weighted by Crippen LogP contribution is 2.15. The van der Waals surface area contributed by atoms with Crippen LogP contribution in [0.5, 0.6) is 0 Å². The van der Waals surface area contributed by atoms with Gasteiger partial charge in [-0.1, -0.05) is 30.3 Å². The molecule has 1 aromatic carbocycles. The van der Waals surface area contributed by atoms with Crippen molar-refractivity contribution in [1.82, 2.24) is 9.71 Å². The molecule has 112 valence electrons. The molecule has 0 saturated carbocycles. The summed E-state index contributed by atoms with van der Waals surface area (Å²) >= 11 is 0. The van der Waals surface area contributed by atoms with Crippen LogP contribution in [-0.4, -0.2) is 13.4 Å². The van der Waals surface area contributed by atoms with E-state index in [9.17, 15) is 8.42 Å². The highest BCUT2D eigenvalue weighted by Gasteiger charge is 2.18. The van der Waals surface area contributed by atoms with Crippen molar-refractivity contribution >= 4 is 10.0 Å². The summed E-state index contributed by atoms with van der Waals surface area (Å²) in [6.07, 6.45) is 1.64. The SMILES string of the molecule is CC(NS(=O)(=O)Cc1ccccc1CN)c1ccccn1. The van der Waals surface area contributed by atoms with Crippen molar-refractivity contribution in [2.45, 2.75) is 25.3 Å². The summed E-state index contributed by atoms with van der Waals surface area (Å²) in [7, 11) is -3.46. The standard InChI is InChI=1S/C15H19N3O2S/c1-12(15-8-4-5-9-17-15)18-21(19,20)11-14-7-3-2-6-13(14)10-16/h2-9,12,18H,10-11,16H2,1H3. The van der Waals surface area contributed by atoms with Crippen LogP contribution >= 0.6 is 0 Å². The lowest BCUT2D eigenvalue weighted by molar-refractivity contribution is 0.563. The molecule has 1 aromatic heterocycles. The fourth-order valence-electron chi connectivity index (χ4n) is 2.11. The van der Waals surface area contributed by atoms with Gasteiger partial charge in [-0.3, -0.25) is 4.98 Å². The maximum atomic E-state index is 12.3. The molecule has 2 aromatic rings. The van der Waals surface area contributed by atoms with E-state index in [0.29, 0.717) is 12.2 Å².